The molecule has 3 aromatic heterocycles. The van der Waals surface area contributed by atoms with Gasteiger partial charge >= 0.3 is 6.18 Å². The number of hydrogen-bond donors (Lipinski definition) is 1. The standard InChI is InChI=1S/C25H23F4N5O/c1-14-4-7-17(22-18(26)3-2-10-30-22)23(32-14)24(35)34-13-15-5-8-20(34)19(11-15)33-21-9-6-16(12-31-21)25(27,28)29/h2-4,6-7,9-10,12,15,19-20H,5,8,11,13H2,1H3,(H,31,33)/t15-,19-,20+/m1/s1. The first-order chi connectivity index (χ1) is 16.7. The minimum atomic E-state index is -4.45. The number of fused-ring (bicyclic) bond motifs is 3. The molecule has 0 radical (unpaired) electrons. The van der Waals surface area contributed by atoms with Crippen LogP contribution >= 0.6 is 0 Å². The maximum Gasteiger partial charge on any atom is 0.417 e. The lowest BCUT2D eigenvalue weighted by Gasteiger charge is -2.50. The van der Waals surface area contributed by atoms with Crippen LogP contribution in [-0.2, 0) is 6.18 Å². The molecular formula is C25H23F4N5O. The predicted octanol–water partition coefficient (Wildman–Crippen LogP) is 5.11. The van der Waals surface area contributed by atoms with Crippen molar-refractivity contribution in [3.05, 3.63) is 71.6 Å². The van der Waals surface area contributed by atoms with Crippen LogP contribution in [0.5, 0.6) is 0 Å². The quantitative estimate of drug-likeness (QED) is 0.520. The summed E-state index contributed by atoms with van der Waals surface area (Å²) in [5.41, 5.74) is 0.342. The number of rotatable bonds is 4. The summed E-state index contributed by atoms with van der Waals surface area (Å²) >= 11 is 0. The van der Waals surface area contributed by atoms with Gasteiger partial charge in [-0.3, -0.25) is 9.78 Å². The third-order valence-electron chi connectivity index (χ3n) is 6.71. The molecule has 1 aliphatic carbocycles. The van der Waals surface area contributed by atoms with Crippen LogP contribution < -0.4 is 5.32 Å². The number of piperidine rings is 2. The van der Waals surface area contributed by atoms with Crippen LogP contribution in [0.4, 0.5) is 23.4 Å². The van der Waals surface area contributed by atoms with Crippen molar-refractivity contribution in [3.8, 4) is 11.3 Å². The van der Waals surface area contributed by atoms with E-state index in [9.17, 15) is 22.4 Å². The molecule has 3 atom stereocenters. The van der Waals surface area contributed by atoms with Gasteiger partial charge in [-0.1, -0.05) is 0 Å². The van der Waals surface area contributed by atoms with Gasteiger partial charge in [-0.25, -0.2) is 14.4 Å². The van der Waals surface area contributed by atoms with Crippen molar-refractivity contribution >= 4 is 11.7 Å². The highest BCUT2D eigenvalue weighted by molar-refractivity contribution is 5.99. The van der Waals surface area contributed by atoms with Gasteiger partial charge in [0.2, 0.25) is 0 Å². The maximum atomic E-state index is 14.5. The number of aromatic nitrogens is 3. The number of anilines is 1. The van der Waals surface area contributed by atoms with E-state index in [2.05, 4.69) is 20.3 Å². The van der Waals surface area contributed by atoms with Gasteiger partial charge in [0.25, 0.3) is 5.91 Å². The smallest absolute Gasteiger partial charge is 0.365 e. The Bertz CT molecular complexity index is 1250. The average molecular weight is 485 g/mol. The minimum Gasteiger partial charge on any atom is -0.365 e. The second-order valence-corrected chi connectivity index (χ2v) is 9.07. The van der Waals surface area contributed by atoms with E-state index in [4.69, 9.17) is 0 Å². The van der Waals surface area contributed by atoms with Crippen molar-refractivity contribution in [1.82, 2.24) is 19.9 Å². The molecule has 1 saturated carbocycles. The lowest BCUT2D eigenvalue weighted by molar-refractivity contribution is -0.137. The van der Waals surface area contributed by atoms with Crippen molar-refractivity contribution in [1.29, 1.82) is 0 Å². The van der Waals surface area contributed by atoms with Crippen LogP contribution in [0, 0.1) is 18.7 Å². The van der Waals surface area contributed by atoms with E-state index >= 15 is 0 Å². The van der Waals surface area contributed by atoms with Crippen molar-refractivity contribution < 1.29 is 22.4 Å². The Kier molecular flexibility index (Phi) is 5.90. The molecule has 1 amide bonds. The third-order valence-corrected chi connectivity index (χ3v) is 6.71. The molecule has 6 nitrogen and oxygen atoms in total. The van der Waals surface area contributed by atoms with Gasteiger partial charge in [0.05, 0.1) is 11.6 Å². The topological polar surface area (TPSA) is 71.0 Å². The number of hydrogen-bond acceptors (Lipinski definition) is 5. The van der Waals surface area contributed by atoms with Crippen LogP contribution in [0.2, 0.25) is 0 Å². The maximum absolute atomic E-state index is 14.5. The number of carbonyl (C=O) groups excluding carboxylic acids is 1. The summed E-state index contributed by atoms with van der Waals surface area (Å²) in [5.74, 6) is -0.292. The Hall–Kier alpha value is -3.56. The summed E-state index contributed by atoms with van der Waals surface area (Å²) in [4.78, 5) is 28.0. The number of nitrogens with one attached hydrogen (secondary N) is 1. The third kappa shape index (κ3) is 4.56. The summed E-state index contributed by atoms with van der Waals surface area (Å²) in [6.07, 6.45) is 0.289. The fourth-order valence-corrected chi connectivity index (χ4v) is 5.05. The molecule has 35 heavy (non-hydrogen) atoms. The number of alkyl halides is 3. The Labute approximate surface area is 199 Å². The molecule has 2 aliphatic heterocycles. The zero-order chi connectivity index (χ0) is 24.7. The van der Waals surface area contributed by atoms with Gasteiger partial charge in [0, 0.05) is 36.2 Å². The molecule has 1 N–H and O–H groups in total. The van der Waals surface area contributed by atoms with Gasteiger partial charge in [0.15, 0.2) is 0 Å². The first kappa shape index (κ1) is 23.2. The van der Waals surface area contributed by atoms with Gasteiger partial charge in [0.1, 0.15) is 23.0 Å². The molecule has 5 heterocycles. The van der Waals surface area contributed by atoms with Crippen molar-refractivity contribution in [2.75, 3.05) is 11.9 Å². The Morgan fingerprint density at radius 2 is 1.94 bits per heavy atom. The minimum absolute atomic E-state index is 0.0640. The Morgan fingerprint density at radius 3 is 2.63 bits per heavy atom. The highest BCUT2D eigenvalue weighted by Gasteiger charge is 2.44. The number of carbonyl (C=O) groups is 1. The first-order valence-electron chi connectivity index (χ1n) is 11.4. The Morgan fingerprint density at radius 1 is 1.11 bits per heavy atom. The van der Waals surface area contributed by atoms with E-state index in [1.54, 1.807) is 24.0 Å². The van der Waals surface area contributed by atoms with Crippen LogP contribution in [0.3, 0.4) is 0 Å². The first-order valence-corrected chi connectivity index (χ1v) is 11.4. The SMILES string of the molecule is Cc1ccc(-c2ncccc2F)c(C(=O)N2C[C@@H]3CC[C@H]2[C@H](Nc2ccc(C(F)(F)F)cn2)C3)n1. The second kappa shape index (κ2) is 8.90. The highest BCUT2D eigenvalue weighted by atomic mass is 19.4. The van der Waals surface area contributed by atoms with Gasteiger partial charge in [-0.05, 0) is 68.5 Å². The average Bonchev–Trinajstić information content (AvgIpc) is 2.84. The van der Waals surface area contributed by atoms with Crippen LogP contribution in [-0.4, -0.2) is 44.4 Å². The predicted molar refractivity (Wildman–Crippen MR) is 121 cm³/mol. The zero-order valence-electron chi connectivity index (χ0n) is 18.9. The summed E-state index contributed by atoms with van der Waals surface area (Å²) in [5, 5.41) is 3.23. The molecule has 3 aromatic rings. The van der Waals surface area contributed by atoms with Crippen molar-refractivity contribution in [2.24, 2.45) is 5.92 Å². The fraction of sp³-hybridized carbons (Fsp3) is 0.360. The molecule has 2 saturated heterocycles. The molecule has 0 spiro atoms. The van der Waals surface area contributed by atoms with E-state index in [0.29, 0.717) is 23.6 Å². The van der Waals surface area contributed by atoms with Crippen molar-refractivity contribution in [3.63, 3.8) is 0 Å². The van der Waals surface area contributed by atoms with Gasteiger partial charge in [-0.2, -0.15) is 13.2 Å². The molecule has 3 fully saturated rings. The van der Waals surface area contributed by atoms with Crippen LogP contribution in [0.15, 0.2) is 48.8 Å². The van der Waals surface area contributed by atoms with E-state index in [1.165, 1.54) is 24.4 Å². The van der Waals surface area contributed by atoms with Gasteiger partial charge < -0.3 is 10.2 Å². The number of amides is 1. The summed E-state index contributed by atoms with van der Waals surface area (Å²) in [6, 6.07) is 8.07. The van der Waals surface area contributed by atoms with E-state index in [0.717, 1.165) is 31.5 Å². The normalized spacial score (nSPS) is 21.7. The lowest BCUT2D eigenvalue weighted by atomic mass is 9.76. The number of pyridine rings is 3. The molecule has 10 heteroatoms. The largest absolute Gasteiger partial charge is 0.417 e. The fourth-order valence-electron chi connectivity index (χ4n) is 5.05. The van der Waals surface area contributed by atoms with Crippen LogP contribution in [0.25, 0.3) is 11.3 Å². The lowest BCUT2D eigenvalue weighted by Crippen LogP contribution is -2.60. The van der Waals surface area contributed by atoms with Crippen molar-refractivity contribution in [2.45, 2.75) is 44.4 Å². The van der Waals surface area contributed by atoms with E-state index in [1.807, 2.05) is 0 Å². The monoisotopic (exact) mass is 485 g/mol. The number of aryl methyl sites for hydroxylation is 1. The highest BCUT2D eigenvalue weighted by Crippen LogP contribution is 2.38. The summed E-state index contributed by atoms with van der Waals surface area (Å²) in [7, 11) is 0. The number of nitrogens with zero attached hydrogens (tertiary/aromatic N) is 4. The summed E-state index contributed by atoms with van der Waals surface area (Å²) in [6.45, 7) is 2.31. The molecule has 0 unspecified atom stereocenters. The van der Waals surface area contributed by atoms with Gasteiger partial charge in [-0.15, -0.1) is 0 Å². The van der Waals surface area contributed by atoms with E-state index in [-0.39, 0.29) is 35.3 Å². The Balaban J connectivity index is 1.42. The summed E-state index contributed by atoms with van der Waals surface area (Å²) < 4.78 is 53.1. The number of halogens is 4. The molecule has 2 bridgehead atoms. The molecule has 182 valence electrons. The molecule has 6 rings (SSSR count). The van der Waals surface area contributed by atoms with Crippen LogP contribution in [0.1, 0.15) is 41.0 Å². The molecule has 0 aromatic carbocycles. The zero-order valence-corrected chi connectivity index (χ0v) is 18.9. The molecule has 3 aliphatic rings. The second-order valence-electron chi connectivity index (χ2n) is 9.07. The van der Waals surface area contributed by atoms with E-state index < -0.39 is 17.6 Å². The molecular weight excluding hydrogens is 462 g/mol.